The van der Waals surface area contributed by atoms with Gasteiger partial charge in [0.05, 0.1) is 11.2 Å². The van der Waals surface area contributed by atoms with Gasteiger partial charge in [0.25, 0.3) is 0 Å². The molecule has 0 aliphatic rings. The molecular formula is C18H18FN3O2S. The molecule has 0 bridgehead atoms. The van der Waals surface area contributed by atoms with Gasteiger partial charge < -0.3 is 4.57 Å². The standard InChI is InChI=1S/C18H18FN3O2S/c1-13-11-17(7-8-18(13)19)25(23,24)21-14(2)15-3-5-16(6-4-15)22-10-9-20-12-22/h3-12,14,21H,1-2H3/t14-/m1/s1. The highest BCUT2D eigenvalue weighted by Gasteiger charge is 2.19. The summed E-state index contributed by atoms with van der Waals surface area (Å²) in [5, 5.41) is 0. The first kappa shape index (κ1) is 17.3. The van der Waals surface area contributed by atoms with Gasteiger partial charge in [-0.05, 0) is 55.3 Å². The van der Waals surface area contributed by atoms with Crippen LogP contribution in [0.4, 0.5) is 4.39 Å². The Balaban J connectivity index is 1.78. The highest BCUT2D eigenvalue weighted by Crippen LogP contribution is 2.20. The maximum atomic E-state index is 13.3. The Labute approximate surface area is 146 Å². The fourth-order valence-corrected chi connectivity index (χ4v) is 3.82. The van der Waals surface area contributed by atoms with Crippen molar-refractivity contribution in [3.05, 3.63) is 78.1 Å². The van der Waals surface area contributed by atoms with E-state index in [-0.39, 0.29) is 4.90 Å². The van der Waals surface area contributed by atoms with Crippen LogP contribution in [0.15, 0.2) is 66.1 Å². The van der Waals surface area contributed by atoms with Crippen LogP contribution >= 0.6 is 0 Å². The number of rotatable bonds is 5. The molecule has 1 heterocycles. The molecule has 1 aromatic heterocycles. The predicted molar refractivity (Wildman–Crippen MR) is 93.4 cm³/mol. The number of imidazole rings is 1. The number of benzene rings is 2. The summed E-state index contributed by atoms with van der Waals surface area (Å²) in [6, 6.07) is 10.8. The SMILES string of the molecule is Cc1cc(S(=O)(=O)N[C@H](C)c2ccc(-n3ccnc3)cc2)ccc1F. The lowest BCUT2D eigenvalue weighted by Crippen LogP contribution is -2.27. The molecule has 0 radical (unpaired) electrons. The minimum Gasteiger partial charge on any atom is -0.306 e. The fourth-order valence-electron chi connectivity index (χ4n) is 2.50. The Morgan fingerprint density at radius 1 is 1.16 bits per heavy atom. The summed E-state index contributed by atoms with van der Waals surface area (Å²) in [6.45, 7) is 3.30. The average molecular weight is 359 g/mol. The zero-order valence-corrected chi connectivity index (χ0v) is 14.7. The van der Waals surface area contributed by atoms with Crippen molar-refractivity contribution in [2.24, 2.45) is 0 Å². The number of hydrogen-bond donors (Lipinski definition) is 1. The lowest BCUT2D eigenvalue weighted by Gasteiger charge is -2.15. The van der Waals surface area contributed by atoms with Crippen LogP contribution in [0.2, 0.25) is 0 Å². The first-order chi connectivity index (χ1) is 11.9. The Morgan fingerprint density at radius 3 is 2.48 bits per heavy atom. The van der Waals surface area contributed by atoms with E-state index in [1.807, 2.05) is 35.0 Å². The molecule has 0 fully saturated rings. The molecule has 2 aromatic carbocycles. The third-order valence-electron chi connectivity index (χ3n) is 3.97. The van der Waals surface area contributed by atoms with Crippen LogP contribution in [-0.2, 0) is 10.0 Å². The molecule has 1 N–H and O–H groups in total. The fraction of sp³-hybridized carbons (Fsp3) is 0.167. The molecule has 0 saturated carbocycles. The molecule has 130 valence electrons. The summed E-state index contributed by atoms with van der Waals surface area (Å²) in [5.41, 5.74) is 2.05. The van der Waals surface area contributed by atoms with Gasteiger partial charge in [-0.3, -0.25) is 0 Å². The van der Waals surface area contributed by atoms with E-state index < -0.39 is 21.9 Å². The van der Waals surface area contributed by atoms with Crippen LogP contribution in [0.3, 0.4) is 0 Å². The van der Waals surface area contributed by atoms with E-state index in [1.165, 1.54) is 19.1 Å². The van der Waals surface area contributed by atoms with E-state index in [0.29, 0.717) is 5.56 Å². The second-order valence-corrected chi connectivity index (χ2v) is 7.53. The quantitative estimate of drug-likeness (QED) is 0.760. The van der Waals surface area contributed by atoms with Crippen LogP contribution < -0.4 is 4.72 Å². The molecule has 3 rings (SSSR count). The molecule has 7 heteroatoms. The summed E-state index contributed by atoms with van der Waals surface area (Å²) in [7, 11) is -3.73. The van der Waals surface area contributed by atoms with Crippen molar-refractivity contribution in [1.29, 1.82) is 0 Å². The molecular weight excluding hydrogens is 341 g/mol. The van der Waals surface area contributed by atoms with E-state index in [1.54, 1.807) is 19.4 Å². The minimum atomic E-state index is -3.73. The molecule has 0 amide bonds. The van der Waals surface area contributed by atoms with Gasteiger partial charge in [0, 0.05) is 24.1 Å². The highest BCUT2D eigenvalue weighted by atomic mass is 32.2. The Hall–Kier alpha value is -2.51. The lowest BCUT2D eigenvalue weighted by molar-refractivity contribution is 0.566. The van der Waals surface area contributed by atoms with Crippen molar-refractivity contribution in [2.45, 2.75) is 24.8 Å². The minimum absolute atomic E-state index is 0.0493. The van der Waals surface area contributed by atoms with Gasteiger partial charge in [-0.2, -0.15) is 0 Å². The molecule has 1 atom stereocenters. The van der Waals surface area contributed by atoms with Gasteiger partial charge in [-0.25, -0.2) is 22.5 Å². The number of nitrogens with one attached hydrogen (secondary N) is 1. The van der Waals surface area contributed by atoms with Crippen molar-refractivity contribution < 1.29 is 12.8 Å². The van der Waals surface area contributed by atoms with E-state index >= 15 is 0 Å². The number of hydrogen-bond acceptors (Lipinski definition) is 3. The summed E-state index contributed by atoms with van der Waals surface area (Å²) < 4.78 is 42.8. The maximum Gasteiger partial charge on any atom is 0.241 e. The molecule has 3 aromatic rings. The van der Waals surface area contributed by atoms with Gasteiger partial charge >= 0.3 is 0 Å². The largest absolute Gasteiger partial charge is 0.306 e. The number of sulfonamides is 1. The van der Waals surface area contributed by atoms with E-state index in [9.17, 15) is 12.8 Å². The zero-order chi connectivity index (χ0) is 18.0. The predicted octanol–water partition coefficient (Wildman–Crippen LogP) is 3.36. The molecule has 0 spiro atoms. The summed E-state index contributed by atoms with van der Waals surface area (Å²) >= 11 is 0. The van der Waals surface area contributed by atoms with Crippen molar-refractivity contribution in [1.82, 2.24) is 14.3 Å². The number of aromatic nitrogens is 2. The maximum absolute atomic E-state index is 13.3. The monoisotopic (exact) mass is 359 g/mol. The van der Waals surface area contributed by atoms with Crippen molar-refractivity contribution in [2.75, 3.05) is 0 Å². The smallest absolute Gasteiger partial charge is 0.241 e. The summed E-state index contributed by atoms with van der Waals surface area (Å²) in [5.74, 6) is -0.429. The number of nitrogens with zero attached hydrogens (tertiary/aromatic N) is 2. The molecule has 0 aliphatic heterocycles. The van der Waals surface area contributed by atoms with E-state index in [4.69, 9.17) is 0 Å². The van der Waals surface area contributed by atoms with Gasteiger partial charge in [0.15, 0.2) is 0 Å². The van der Waals surface area contributed by atoms with Crippen molar-refractivity contribution in [3.8, 4) is 5.69 Å². The summed E-state index contributed by atoms with van der Waals surface area (Å²) in [6.07, 6.45) is 5.21. The van der Waals surface area contributed by atoms with Crippen LogP contribution in [0.5, 0.6) is 0 Å². The van der Waals surface area contributed by atoms with Crippen LogP contribution in [0.1, 0.15) is 24.1 Å². The van der Waals surface area contributed by atoms with Crippen molar-refractivity contribution in [3.63, 3.8) is 0 Å². The number of aryl methyl sites for hydroxylation is 1. The van der Waals surface area contributed by atoms with Gasteiger partial charge in [0.2, 0.25) is 10.0 Å². The normalized spacial score (nSPS) is 12.9. The molecule has 0 saturated heterocycles. The van der Waals surface area contributed by atoms with Crippen LogP contribution in [0.25, 0.3) is 5.69 Å². The van der Waals surface area contributed by atoms with Crippen molar-refractivity contribution >= 4 is 10.0 Å². The third kappa shape index (κ3) is 3.78. The van der Waals surface area contributed by atoms with Gasteiger partial charge in [-0.15, -0.1) is 0 Å². The molecule has 25 heavy (non-hydrogen) atoms. The number of halogens is 1. The topological polar surface area (TPSA) is 64.0 Å². The van der Waals surface area contributed by atoms with Crippen LogP contribution in [-0.4, -0.2) is 18.0 Å². The first-order valence-electron chi connectivity index (χ1n) is 7.73. The summed E-state index contributed by atoms with van der Waals surface area (Å²) in [4.78, 5) is 4.05. The Morgan fingerprint density at radius 2 is 1.88 bits per heavy atom. The van der Waals surface area contributed by atoms with Gasteiger partial charge in [0.1, 0.15) is 5.82 Å². The Bertz CT molecular complexity index is 968. The van der Waals surface area contributed by atoms with E-state index in [2.05, 4.69) is 9.71 Å². The second-order valence-electron chi connectivity index (χ2n) is 5.82. The average Bonchev–Trinajstić information content (AvgIpc) is 3.11. The highest BCUT2D eigenvalue weighted by molar-refractivity contribution is 7.89. The third-order valence-corrected chi connectivity index (χ3v) is 5.51. The molecule has 0 aliphatic carbocycles. The first-order valence-corrected chi connectivity index (χ1v) is 9.22. The van der Waals surface area contributed by atoms with Gasteiger partial charge in [-0.1, -0.05) is 12.1 Å². The Kier molecular flexibility index (Phi) is 4.69. The lowest BCUT2D eigenvalue weighted by atomic mass is 10.1. The second kappa shape index (κ2) is 6.78. The van der Waals surface area contributed by atoms with Crippen LogP contribution in [0, 0.1) is 12.7 Å². The zero-order valence-electron chi connectivity index (χ0n) is 13.8. The molecule has 0 unspecified atom stereocenters. The van der Waals surface area contributed by atoms with E-state index in [0.717, 1.165) is 17.3 Å². The molecule has 5 nitrogen and oxygen atoms in total.